The lowest BCUT2D eigenvalue weighted by Gasteiger charge is -2.28. The molecule has 0 atom stereocenters. The number of hydrogen-bond acceptors (Lipinski definition) is 3. The Bertz CT molecular complexity index is 674. The SMILES string of the molecule is COC(=O)CC1CCC(c2ccc(-c3ccc(Br)cn3)cc2)CC1. The Hall–Kier alpha value is -1.68. The van der Waals surface area contributed by atoms with Crippen LogP contribution in [0, 0.1) is 5.92 Å². The van der Waals surface area contributed by atoms with Crippen molar-refractivity contribution in [2.75, 3.05) is 7.11 Å². The molecule has 2 aromatic rings. The molecule has 0 spiro atoms. The number of pyridine rings is 1. The van der Waals surface area contributed by atoms with Crippen LogP contribution >= 0.6 is 15.9 Å². The van der Waals surface area contributed by atoms with E-state index in [1.54, 1.807) is 0 Å². The zero-order valence-electron chi connectivity index (χ0n) is 13.9. The second kappa shape index (κ2) is 7.93. The molecule has 0 unspecified atom stereocenters. The van der Waals surface area contributed by atoms with Crippen LogP contribution in [0.1, 0.15) is 43.6 Å². The van der Waals surface area contributed by atoms with Gasteiger partial charge in [0.05, 0.1) is 12.8 Å². The molecule has 3 nitrogen and oxygen atoms in total. The van der Waals surface area contributed by atoms with Gasteiger partial charge in [0.25, 0.3) is 0 Å². The van der Waals surface area contributed by atoms with E-state index in [9.17, 15) is 4.79 Å². The first-order valence-corrected chi connectivity index (χ1v) is 9.23. The summed E-state index contributed by atoms with van der Waals surface area (Å²) in [5.41, 5.74) is 3.53. The van der Waals surface area contributed by atoms with E-state index in [2.05, 4.69) is 45.2 Å². The molecule has 0 bridgehead atoms. The van der Waals surface area contributed by atoms with Crippen LogP contribution in [0.2, 0.25) is 0 Å². The van der Waals surface area contributed by atoms with Gasteiger partial charge in [0.2, 0.25) is 0 Å². The molecule has 0 radical (unpaired) electrons. The predicted molar refractivity (Wildman–Crippen MR) is 98.7 cm³/mol. The molecule has 0 N–H and O–H groups in total. The number of carbonyl (C=O) groups is 1. The largest absolute Gasteiger partial charge is 0.469 e. The van der Waals surface area contributed by atoms with Gasteiger partial charge in [0, 0.05) is 22.7 Å². The fourth-order valence-electron chi connectivity index (χ4n) is 3.49. The summed E-state index contributed by atoms with van der Waals surface area (Å²) in [7, 11) is 1.47. The molecule has 3 rings (SSSR count). The van der Waals surface area contributed by atoms with Gasteiger partial charge in [0.15, 0.2) is 0 Å². The Kier molecular flexibility index (Phi) is 5.67. The Morgan fingerprint density at radius 3 is 2.42 bits per heavy atom. The topological polar surface area (TPSA) is 39.2 Å². The van der Waals surface area contributed by atoms with Crippen molar-refractivity contribution < 1.29 is 9.53 Å². The lowest BCUT2D eigenvalue weighted by atomic mass is 9.77. The van der Waals surface area contributed by atoms with E-state index >= 15 is 0 Å². The summed E-state index contributed by atoms with van der Waals surface area (Å²) < 4.78 is 5.77. The lowest BCUT2D eigenvalue weighted by molar-refractivity contribution is -0.142. The van der Waals surface area contributed by atoms with E-state index in [1.165, 1.54) is 12.7 Å². The Morgan fingerprint density at radius 1 is 1.12 bits per heavy atom. The normalized spacial score (nSPS) is 20.6. The molecular formula is C20H22BrNO2. The van der Waals surface area contributed by atoms with Crippen LogP contribution in [0.4, 0.5) is 0 Å². The molecular weight excluding hydrogens is 366 g/mol. The summed E-state index contributed by atoms with van der Waals surface area (Å²) >= 11 is 3.41. The highest BCUT2D eigenvalue weighted by Crippen LogP contribution is 2.37. The van der Waals surface area contributed by atoms with Crippen LogP contribution in [0.15, 0.2) is 47.1 Å². The minimum atomic E-state index is -0.0789. The smallest absolute Gasteiger partial charge is 0.305 e. The van der Waals surface area contributed by atoms with Crippen molar-refractivity contribution >= 4 is 21.9 Å². The van der Waals surface area contributed by atoms with Crippen LogP contribution in [0.5, 0.6) is 0 Å². The van der Waals surface area contributed by atoms with Crippen molar-refractivity contribution in [2.45, 2.75) is 38.0 Å². The molecule has 4 heteroatoms. The van der Waals surface area contributed by atoms with Gasteiger partial charge in [-0.1, -0.05) is 24.3 Å². The number of rotatable bonds is 4. The number of aromatic nitrogens is 1. The van der Waals surface area contributed by atoms with Crippen LogP contribution in [0.25, 0.3) is 11.3 Å². The second-order valence-corrected chi connectivity index (χ2v) is 7.40. The maximum absolute atomic E-state index is 11.4. The predicted octanol–water partition coefficient (Wildman–Crippen LogP) is 5.35. The van der Waals surface area contributed by atoms with Crippen molar-refractivity contribution in [3.63, 3.8) is 0 Å². The van der Waals surface area contributed by atoms with Crippen molar-refractivity contribution in [3.8, 4) is 11.3 Å². The minimum Gasteiger partial charge on any atom is -0.469 e. The van der Waals surface area contributed by atoms with Crippen LogP contribution < -0.4 is 0 Å². The maximum Gasteiger partial charge on any atom is 0.305 e. The Labute approximate surface area is 151 Å². The van der Waals surface area contributed by atoms with E-state index < -0.39 is 0 Å². The summed E-state index contributed by atoms with van der Waals surface area (Å²) in [5, 5.41) is 0. The summed E-state index contributed by atoms with van der Waals surface area (Å²) in [4.78, 5) is 15.8. The third-order valence-corrected chi connectivity index (χ3v) is 5.40. The molecule has 1 fully saturated rings. The quantitative estimate of drug-likeness (QED) is 0.663. The van der Waals surface area contributed by atoms with E-state index in [-0.39, 0.29) is 5.97 Å². The summed E-state index contributed by atoms with van der Waals surface area (Å²) in [5.74, 6) is 1.01. The number of esters is 1. The highest BCUT2D eigenvalue weighted by Gasteiger charge is 2.24. The number of nitrogens with zero attached hydrogens (tertiary/aromatic N) is 1. The molecule has 0 saturated heterocycles. The lowest BCUT2D eigenvalue weighted by Crippen LogP contribution is -2.17. The van der Waals surface area contributed by atoms with E-state index in [4.69, 9.17) is 4.74 Å². The van der Waals surface area contributed by atoms with Crippen molar-refractivity contribution in [1.82, 2.24) is 4.98 Å². The molecule has 1 aliphatic carbocycles. The zero-order valence-corrected chi connectivity index (χ0v) is 15.5. The maximum atomic E-state index is 11.4. The highest BCUT2D eigenvalue weighted by atomic mass is 79.9. The molecule has 126 valence electrons. The fourth-order valence-corrected chi connectivity index (χ4v) is 3.73. The molecule has 24 heavy (non-hydrogen) atoms. The van der Waals surface area contributed by atoms with Gasteiger partial charge < -0.3 is 4.74 Å². The molecule has 1 aliphatic rings. The summed E-state index contributed by atoms with van der Waals surface area (Å²) in [6.07, 6.45) is 6.91. The Balaban J connectivity index is 1.60. The van der Waals surface area contributed by atoms with Gasteiger partial charge in [0.1, 0.15) is 0 Å². The number of methoxy groups -OCH3 is 1. The van der Waals surface area contributed by atoms with E-state index in [0.717, 1.165) is 41.4 Å². The van der Waals surface area contributed by atoms with Gasteiger partial charge in [-0.05, 0) is 71.1 Å². The molecule has 0 amide bonds. The first-order valence-electron chi connectivity index (χ1n) is 8.44. The van der Waals surface area contributed by atoms with Crippen LogP contribution in [-0.2, 0) is 9.53 Å². The van der Waals surface area contributed by atoms with E-state index in [0.29, 0.717) is 18.3 Å². The standard InChI is InChI=1S/C20H22BrNO2/c1-24-20(23)12-14-2-4-15(5-3-14)16-6-8-17(9-7-16)19-11-10-18(21)13-22-19/h6-11,13-15H,2-5,12H2,1H3. The average molecular weight is 388 g/mol. The zero-order chi connectivity index (χ0) is 16.9. The monoisotopic (exact) mass is 387 g/mol. The minimum absolute atomic E-state index is 0.0789. The van der Waals surface area contributed by atoms with Gasteiger partial charge in [-0.15, -0.1) is 0 Å². The molecule has 0 aliphatic heterocycles. The first kappa shape index (κ1) is 17.2. The number of benzene rings is 1. The van der Waals surface area contributed by atoms with Crippen molar-refractivity contribution in [1.29, 1.82) is 0 Å². The first-order chi connectivity index (χ1) is 11.7. The van der Waals surface area contributed by atoms with Gasteiger partial charge in [-0.2, -0.15) is 0 Å². The molecule has 1 heterocycles. The molecule has 1 saturated carbocycles. The number of hydrogen-bond donors (Lipinski definition) is 0. The van der Waals surface area contributed by atoms with Crippen molar-refractivity contribution in [3.05, 3.63) is 52.6 Å². The second-order valence-electron chi connectivity index (χ2n) is 6.48. The van der Waals surface area contributed by atoms with Crippen LogP contribution in [0.3, 0.4) is 0 Å². The van der Waals surface area contributed by atoms with Crippen molar-refractivity contribution in [2.24, 2.45) is 5.92 Å². The Morgan fingerprint density at radius 2 is 1.83 bits per heavy atom. The fraction of sp³-hybridized carbons (Fsp3) is 0.400. The van der Waals surface area contributed by atoms with E-state index in [1.807, 2.05) is 18.3 Å². The summed E-state index contributed by atoms with van der Waals surface area (Å²) in [6, 6.07) is 12.8. The number of halogens is 1. The van der Waals surface area contributed by atoms with Gasteiger partial charge >= 0.3 is 5.97 Å². The molecule has 1 aromatic carbocycles. The number of carbonyl (C=O) groups excluding carboxylic acids is 1. The van der Waals surface area contributed by atoms with Gasteiger partial charge in [-0.25, -0.2) is 0 Å². The number of ether oxygens (including phenoxy) is 1. The highest BCUT2D eigenvalue weighted by molar-refractivity contribution is 9.10. The third-order valence-electron chi connectivity index (χ3n) is 4.94. The average Bonchev–Trinajstić information content (AvgIpc) is 2.63. The third kappa shape index (κ3) is 4.23. The van der Waals surface area contributed by atoms with Crippen LogP contribution in [-0.4, -0.2) is 18.1 Å². The summed E-state index contributed by atoms with van der Waals surface area (Å²) in [6.45, 7) is 0. The molecule has 1 aromatic heterocycles. The van der Waals surface area contributed by atoms with Gasteiger partial charge in [-0.3, -0.25) is 9.78 Å².